The molecule has 0 aliphatic heterocycles. The molecule has 0 aromatic heterocycles. The minimum absolute atomic E-state index is 0.730. The van der Waals surface area contributed by atoms with Crippen molar-refractivity contribution < 1.29 is 4.74 Å². The summed E-state index contributed by atoms with van der Waals surface area (Å²) in [4.78, 5) is 2.50. The highest BCUT2D eigenvalue weighted by Crippen LogP contribution is 2.32. The van der Waals surface area contributed by atoms with Crippen LogP contribution in [0.2, 0.25) is 0 Å². The topological polar surface area (TPSA) is 24.5 Å². The molecule has 1 aromatic rings. The van der Waals surface area contributed by atoms with Crippen LogP contribution >= 0.6 is 0 Å². The molecule has 1 saturated carbocycles. The van der Waals surface area contributed by atoms with Gasteiger partial charge in [0.2, 0.25) is 0 Å². The summed E-state index contributed by atoms with van der Waals surface area (Å²) in [7, 11) is 1.78. The molecule has 1 fully saturated rings. The third-order valence-corrected chi connectivity index (χ3v) is 3.92. The van der Waals surface area contributed by atoms with Gasteiger partial charge in [0.05, 0.1) is 6.61 Å². The van der Waals surface area contributed by atoms with E-state index < -0.39 is 0 Å². The maximum atomic E-state index is 5.24. The Kier molecular flexibility index (Phi) is 5.86. The molecule has 0 atom stereocenters. The number of rotatable bonds is 9. The first kappa shape index (κ1) is 15.3. The van der Waals surface area contributed by atoms with Gasteiger partial charge in [-0.1, -0.05) is 13.0 Å². The van der Waals surface area contributed by atoms with E-state index >= 15 is 0 Å². The van der Waals surface area contributed by atoms with E-state index in [2.05, 4.69) is 42.3 Å². The van der Waals surface area contributed by atoms with Crippen LogP contribution in [0.3, 0.4) is 0 Å². The van der Waals surface area contributed by atoms with Gasteiger partial charge in [-0.15, -0.1) is 0 Å². The lowest BCUT2D eigenvalue weighted by Gasteiger charge is -2.25. The summed E-state index contributed by atoms with van der Waals surface area (Å²) in [6, 6.07) is 7.60. The van der Waals surface area contributed by atoms with Crippen molar-refractivity contribution in [3.05, 3.63) is 29.3 Å². The van der Waals surface area contributed by atoms with Crippen molar-refractivity contribution in [2.75, 3.05) is 31.7 Å². The Morgan fingerprint density at radius 2 is 2.15 bits per heavy atom. The summed E-state index contributed by atoms with van der Waals surface area (Å²) in [6.07, 6.45) is 3.83. The van der Waals surface area contributed by atoms with Gasteiger partial charge >= 0.3 is 0 Å². The first-order valence-electron chi connectivity index (χ1n) is 7.82. The number of nitrogens with zero attached hydrogens (tertiary/aromatic N) is 1. The quantitative estimate of drug-likeness (QED) is 0.701. The fourth-order valence-corrected chi connectivity index (χ4v) is 2.56. The number of hydrogen-bond donors (Lipinski definition) is 1. The summed E-state index contributed by atoms with van der Waals surface area (Å²) < 4.78 is 5.24. The smallest absolute Gasteiger partial charge is 0.0637 e. The van der Waals surface area contributed by atoms with Crippen LogP contribution < -0.4 is 10.2 Å². The van der Waals surface area contributed by atoms with E-state index in [1.165, 1.54) is 36.1 Å². The van der Waals surface area contributed by atoms with Crippen LogP contribution in [0, 0.1) is 6.92 Å². The lowest BCUT2D eigenvalue weighted by molar-refractivity contribution is 0.205. The van der Waals surface area contributed by atoms with Crippen molar-refractivity contribution >= 4 is 5.69 Å². The monoisotopic (exact) mass is 276 g/mol. The van der Waals surface area contributed by atoms with Gasteiger partial charge in [-0.3, -0.25) is 0 Å². The highest BCUT2D eigenvalue weighted by atomic mass is 16.5. The standard InChI is InChI=1S/C17H28N2O/c1-4-9-18-13-15-5-6-17(12-14(15)2)19(10-11-20-3)16-7-8-16/h5-6,12,16,18H,4,7-11,13H2,1-3H3. The van der Waals surface area contributed by atoms with Gasteiger partial charge in [0.15, 0.2) is 0 Å². The number of methoxy groups -OCH3 is 1. The molecule has 1 aromatic carbocycles. The fourth-order valence-electron chi connectivity index (χ4n) is 2.56. The van der Waals surface area contributed by atoms with E-state index in [0.717, 1.165) is 32.3 Å². The average Bonchev–Trinajstić information content (AvgIpc) is 3.26. The van der Waals surface area contributed by atoms with Gasteiger partial charge in [-0.2, -0.15) is 0 Å². The maximum Gasteiger partial charge on any atom is 0.0637 e. The Balaban J connectivity index is 2.02. The molecule has 112 valence electrons. The molecule has 1 N–H and O–H groups in total. The van der Waals surface area contributed by atoms with Crippen LogP contribution in [0.1, 0.15) is 37.3 Å². The van der Waals surface area contributed by atoms with Crippen LogP contribution in [-0.4, -0.2) is 32.8 Å². The van der Waals surface area contributed by atoms with Crippen molar-refractivity contribution in [2.45, 2.75) is 45.7 Å². The lowest BCUT2D eigenvalue weighted by Crippen LogP contribution is -2.29. The second kappa shape index (κ2) is 7.65. The average molecular weight is 276 g/mol. The normalized spacial score (nSPS) is 14.6. The van der Waals surface area contributed by atoms with Crippen molar-refractivity contribution in [3.8, 4) is 0 Å². The summed E-state index contributed by atoms with van der Waals surface area (Å²) in [5, 5.41) is 3.48. The lowest BCUT2D eigenvalue weighted by atomic mass is 10.1. The second-order valence-electron chi connectivity index (χ2n) is 5.70. The van der Waals surface area contributed by atoms with Gasteiger partial charge in [-0.05, 0) is 56.0 Å². The van der Waals surface area contributed by atoms with Crippen molar-refractivity contribution in [1.82, 2.24) is 5.32 Å². The van der Waals surface area contributed by atoms with E-state index in [1.807, 2.05) is 0 Å². The number of benzene rings is 1. The summed E-state index contributed by atoms with van der Waals surface area (Å²) >= 11 is 0. The molecular formula is C17H28N2O. The van der Waals surface area contributed by atoms with E-state index in [4.69, 9.17) is 4.74 Å². The summed E-state index contributed by atoms with van der Waals surface area (Å²) in [6.45, 7) is 8.27. The van der Waals surface area contributed by atoms with Crippen LogP contribution in [-0.2, 0) is 11.3 Å². The predicted molar refractivity (Wildman–Crippen MR) is 85.4 cm³/mol. The zero-order valence-electron chi connectivity index (χ0n) is 13.1. The molecule has 0 bridgehead atoms. The van der Waals surface area contributed by atoms with Gasteiger partial charge in [0.25, 0.3) is 0 Å². The molecule has 3 nitrogen and oxygen atoms in total. The van der Waals surface area contributed by atoms with Gasteiger partial charge in [-0.25, -0.2) is 0 Å². The molecule has 0 radical (unpaired) electrons. The zero-order chi connectivity index (χ0) is 14.4. The number of ether oxygens (including phenoxy) is 1. The molecule has 1 aliphatic rings. The Labute approximate surface area is 123 Å². The number of hydrogen-bond acceptors (Lipinski definition) is 3. The van der Waals surface area contributed by atoms with E-state index in [1.54, 1.807) is 7.11 Å². The second-order valence-corrected chi connectivity index (χ2v) is 5.70. The van der Waals surface area contributed by atoms with Gasteiger partial charge in [0, 0.05) is 31.9 Å². The van der Waals surface area contributed by atoms with Crippen molar-refractivity contribution in [3.63, 3.8) is 0 Å². The fraction of sp³-hybridized carbons (Fsp3) is 0.647. The summed E-state index contributed by atoms with van der Waals surface area (Å²) in [5.74, 6) is 0. The van der Waals surface area contributed by atoms with Crippen molar-refractivity contribution in [2.24, 2.45) is 0 Å². The van der Waals surface area contributed by atoms with Crippen LogP contribution in [0.5, 0.6) is 0 Å². The van der Waals surface area contributed by atoms with Crippen LogP contribution in [0.4, 0.5) is 5.69 Å². The molecule has 0 spiro atoms. The number of nitrogens with one attached hydrogen (secondary N) is 1. The summed E-state index contributed by atoms with van der Waals surface area (Å²) in [5.41, 5.74) is 4.14. The third-order valence-electron chi connectivity index (χ3n) is 3.92. The van der Waals surface area contributed by atoms with Gasteiger partial charge < -0.3 is 15.0 Å². The Hall–Kier alpha value is -1.06. The zero-order valence-corrected chi connectivity index (χ0v) is 13.1. The Bertz CT molecular complexity index is 415. The highest BCUT2D eigenvalue weighted by molar-refractivity contribution is 5.52. The Morgan fingerprint density at radius 3 is 2.75 bits per heavy atom. The molecule has 0 amide bonds. The molecule has 0 unspecified atom stereocenters. The molecule has 1 aliphatic carbocycles. The molecule has 3 heteroatoms. The highest BCUT2D eigenvalue weighted by Gasteiger charge is 2.29. The predicted octanol–water partition coefficient (Wildman–Crippen LogP) is 3.11. The third kappa shape index (κ3) is 4.22. The molecule has 2 rings (SSSR count). The van der Waals surface area contributed by atoms with Crippen LogP contribution in [0.15, 0.2) is 18.2 Å². The molecular weight excluding hydrogens is 248 g/mol. The van der Waals surface area contributed by atoms with E-state index in [0.29, 0.717) is 0 Å². The van der Waals surface area contributed by atoms with E-state index in [-0.39, 0.29) is 0 Å². The minimum Gasteiger partial charge on any atom is -0.383 e. The van der Waals surface area contributed by atoms with Crippen LogP contribution in [0.25, 0.3) is 0 Å². The Morgan fingerprint density at radius 1 is 1.35 bits per heavy atom. The number of anilines is 1. The molecule has 20 heavy (non-hydrogen) atoms. The van der Waals surface area contributed by atoms with Gasteiger partial charge in [0.1, 0.15) is 0 Å². The number of aryl methyl sites for hydroxylation is 1. The maximum absolute atomic E-state index is 5.24. The molecule has 0 heterocycles. The van der Waals surface area contributed by atoms with Crippen molar-refractivity contribution in [1.29, 1.82) is 0 Å². The molecule has 0 saturated heterocycles. The first-order valence-corrected chi connectivity index (χ1v) is 7.82. The largest absolute Gasteiger partial charge is 0.383 e. The minimum atomic E-state index is 0.730. The van der Waals surface area contributed by atoms with E-state index in [9.17, 15) is 0 Å². The SMILES string of the molecule is CCCNCc1ccc(N(CCOC)C2CC2)cc1C. The first-order chi connectivity index (χ1) is 9.76.